The van der Waals surface area contributed by atoms with E-state index in [1.165, 1.54) is 41.2 Å². The van der Waals surface area contributed by atoms with E-state index in [4.69, 9.17) is 4.42 Å². The van der Waals surface area contributed by atoms with E-state index in [2.05, 4.69) is 26.3 Å². The highest BCUT2D eigenvalue weighted by atomic mass is 79.9. The number of carbonyl (C=O) groups excluding carboxylic acids is 1. The molecule has 0 unspecified atom stereocenters. The number of amides is 1. The van der Waals surface area contributed by atoms with Gasteiger partial charge < -0.3 is 9.73 Å². The second kappa shape index (κ2) is 7.33. The lowest BCUT2D eigenvalue weighted by Crippen LogP contribution is -2.22. The zero-order valence-corrected chi connectivity index (χ0v) is 16.1. The van der Waals surface area contributed by atoms with Crippen LogP contribution in [0.15, 0.2) is 68.4 Å². The maximum Gasteiger partial charge on any atom is 0.349 e. The lowest BCUT2D eigenvalue weighted by molar-refractivity contribution is 0.102. The first kappa shape index (κ1) is 18.6. The number of rotatable bonds is 3. The van der Waals surface area contributed by atoms with Crippen molar-refractivity contribution in [3.63, 3.8) is 0 Å². The largest absolute Gasteiger partial charge is 0.422 e. The topological polar surface area (TPSA) is 101 Å². The van der Waals surface area contributed by atoms with Crippen molar-refractivity contribution in [3.05, 3.63) is 86.6 Å². The zero-order chi connectivity index (χ0) is 20.5. The summed E-state index contributed by atoms with van der Waals surface area (Å²) in [6.45, 7) is 0. The first-order valence-corrected chi connectivity index (χ1v) is 9.04. The maximum absolute atomic E-state index is 13.2. The predicted molar refractivity (Wildman–Crippen MR) is 106 cm³/mol. The van der Waals surface area contributed by atoms with Crippen LogP contribution >= 0.6 is 15.9 Å². The molecule has 0 fully saturated rings. The normalized spacial score (nSPS) is 10.7. The highest BCUT2D eigenvalue weighted by Crippen LogP contribution is 2.22. The van der Waals surface area contributed by atoms with E-state index in [0.29, 0.717) is 16.7 Å². The maximum atomic E-state index is 13.2. The van der Waals surface area contributed by atoms with Gasteiger partial charge in [-0.3, -0.25) is 4.79 Å². The molecule has 0 spiro atoms. The van der Waals surface area contributed by atoms with E-state index < -0.39 is 17.3 Å². The van der Waals surface area contributed by atoms with Crippen molar-refractivity contribution in [1.82, 2.24) is 9.78 Å². The summed E-state index contributed by atoms with van der Waals surface area (Å²) in [6, 6.07) is 13.7. The number of hydrogen-bond donors (Lipinski definition) is 1. The Hall–Kier alpha value is -3.77. The van der Waals surface area contributed by atoms with Crippen LogP contribution in [0.4, 0.5) is 10.2 Å². The molecule has 9 heteroatoms. The van der Waals surface area contributed by atoms with Gasteiger partial charge in [-0.05, 0) is 48.5 Å². The minimum Gasteiger partial charge on any atom is -0.422 e. The van der Waals surface area contributed by atoms with Crippen LogP contribution in [0.1, 0.15) is 15.9 Å². The van der Waals surface area contributed by atoms with Crippen LogP contribution in [0.5, 0.6) is 0 Å². The van der Waals surface area contributed by atoms with E-state index in [-0.39, 0.29) is 16.9 Å². The third-order valence-electron chi connectivity index (χ3n) is 4.13. The third-order valence-corrected chi connectivity index (χ3v) is 4.62. The lowest BCUT2D eigenvalue weighted by Gasteiger charge is -2.09. The summed E-state index contributed by atoms with van der Waals surface area (Å²) in [5, 5.41) is 16.5. The van der Waals surface area contributed by atoms with Crippen molar-refractivity contribution in [2.45, 2.75) is 0 Å². The molecule has 2 heterocycles. The number of nitrogens with one attached hydrogen (secondary N) is 1. The van der Waals surface area contributed by atoms with Gasteiger partial charge in [0.05, 0.1) is 11.9 Å². The van der Waals surface area contributed by atoms with Gasteiger partial charge in [-0.2, -0.15) is 10.4 Å². The Kier molecular flexibility index (Phi) is 4.70. The van der Waals surface area contributed by atoms with Crippen LogP contribution in [-0.4, -0.2) is 15.7 Å². The molecule has 29 heavy (non-hydrogen) atoms. The highest BCUT2D eigenvalue weighted by molar-refractivity contribution is 9.10. The Morgan fingerprint density at radius 3 is 2.69 bits per heavy atom. The monoisotopic (exact) mass is 452 g/mol. The van der Waals surface area contributed by atoms with E-state index in [1.807, 2.05) is 6.07 Å². The van der Waals surface area contributed by atoms with Crippen molar-refractivity contribution in [3.8, 4) is 11.8 Å². The van der Waals surface area contributed by atoms with Gasteiger partial charge in [0.2, 0.25) is 0 Å². The molecule has 4 rings (SSSR count). The summed E-state index contributed by atoms with van der Waals surface area (Å²) >= 11 is 3.33. The second-order valence-corrected chi connectivity index (χ2v) is 6.91. The number of fused-ring (bicyclic) bond motifs is 1. The van der Waals surface area contributed by atoms with Gasteiger partial charge in [0.1, 0.15) is 28.6 Å². The number of halogens is 2. The molecular formula is C20H10BrFN4O3. The van der Waals surface area contributed by atoms with E-state index >= 15 is 0 Å². The molecule has 1 amide bonds. The zero-order valence-electron chi connectivity index (χ0n) is 14.5. The number of benzene rings is 2. The molecule has 4 aromatic rings. The van der Waals surface area contributed by atoms with Crippen molar-refractivity contribution in [1.29, 1.82) is 5.26 Å². The molecule has 0 aliphatic heterocycles. The summed E-state index contributed by atoms with van der Waals surface area (Å²) in [7, 11) is 0. The molecule has 7 nitrogen and oxygen atoms in total. The van der Waals surface area contributed by atoms with Crippen LogP contribution in [0.2, 0.25) is 0 Å². The standard InChI is InChI=1S/C20H10BrFN4O3/c21-13-1-6-17-11(7-13)8-16(20(28)29-17)19(27)25-18-12(9-23)10-24-26(18)15-4-2-14(22)3-5-15/h1-8,10H,(H,25,27). The van der Waals surface area contributed by atoms with Gasteiger partial charge in [-0.25, -0.2) is 13.9 Å². The van der Waals surface area contributed by atoms with Gasteiger partial charge in [-0.1, -0.05) is 15.9 Å². The van der Waals surface area contributed by atoms with E-state index in [0.717, 1.165) is 4.47 Å². The van der Waals surface area contributed by atoms with Gasteiger partial charge in [-0.15, -0.1) is 0 Å². The van der Waals surface area contributed by atoms with Crippen LogP contribution in [0.3, 0.4) is 0 Å². The fourth-order valence-corrected chi connectivity index (χ4v) is 3.13. The molecule has 0 radical (unpaired) electrons. The fraction of sp³-hybridized carbons (Fsp3) is 0. The fourth-order valence-electron chi connectivity index (χ4n) is 2.76. The minimum atomic E-state index is -0.816. The summed E-state index contributed by atoms with van der Waals surface area (Å²) in [5.74, 6) is -1.15. The Labute approximate surface area is 171 Å². The molecule has 142 valence electrons. The third kappa shape index (κ3) is 3.53. The Bertz CT molecular complexity index is 1350. The second-order valence-electron chi connectivity index (χ2n) is 5.99. The highest BCUT2D eigenvalue weighted by Gasteiger charge is 2.19. The molecule has 0 aliphatic rings. The van der Waals surface area contributed by atoms with Crippen LogP contribution in [-0.2, 0) is 0 Å². The summed E-state index contributed by atoms with van der Waals surface area (Å²) < 4.78 is 20.4. The molecule has 0 saturated heterocycles. The molecule has 0 aliphatic carbocycles. The number of hydrogen-bond acceptors (Lipinski definition) is 5. The smallest absolute Gasteiger partial charge is 0.349 e. The number of nitrogens with zero attached hydrogens (tertiary/aromatic N) is 3. The average molecular weight is 453 g/mol. The summed E-state index contributed by atoms with van der Waals surface area (Å²) in [5.41, 5.74) is -0.202. The van der Waals surface area contributed by atoms with E-state index in [1.54, 1.807) is 18.2 Å². The molecule has 2 aromatic heterocycles. The molecule has 1 N–H and O–H groups in total. The molecule has 2 aromatic carbocycles. The molecule has 0 atom stereocenters. The lowest BCUT2D eigenvalue weighted by atomic mass is 10.2. The Morgan fingerprint density at radius 1 is 1.21 bits per heavy atom. The van der Waals surface area contributed by atoms with Crippen molar-refractivity contribution < 1.29 is 13.6 Å². The van der Waals surface area contributed by atoms with Gasteiger partial charge in [0.15, 0.2) is 5.82 Å². The quantitative estimate of drug-likeness (QED) is 0.473. The van der Waals surface area contributed by atoms with Crippen molar-refractivity contribution in [2.75, 3.05) is 5.32 Å². The number of anilines is 1. The van der Waals surface area contributed by atoms with Crippen LogP contribution in [0, 0.1) is 17.1 Å². The molecule has 0 saturated carbocycles. The Morgan fingerprint density at radius 2 is 1.97 bits per heavy atom. The predicted octanol–water partition coefficient (Wildman–Crippen LogP) is 4.00. The summed E-state index contributed by atoms with van der Waals surface area (Å²) in [6.07, 6.45) is 1.26. The van der Waals surface area contributed by atoms with Crippen molar-refractivity contribution in [2.24, 2.45) is 0 Å². The number of nitriles is 1. The summed E-state index contributed by atoms with van der Waals surface area (Å²) in [4.78, 5) is 25.0. The van der Waals surface area contributed by atoms with Gasteiger partial charge in [0.25, 0.3) is 5.91 Å². The first-order chi connectivity index (χ1) is 14.0. The minimum absolute atomic E-state index is 0.0536. The SMILES string of the molecule is N#Cc1cnn(-c2ccc(F)cc2)c1NC(=O)c1cc2cc(Br)ccc2oc1=O. The van der Waals surface area contributed by atoms with Crippen LogP contribution in [0.25, 0.3) is 16.7 Å². The number of aromatic nitrogens is 2. The number of carbonyl (C=O) groups is 1. The van der Waals surface area contributed by atoms with Crippen molar-refractivity contribution >= 4 is 38.6 Å². The average Bonchev–Trinajstić information content (AvgIpc) is 3.10. The molecule has 0 bridgehead atoms. The van der Waals surface area contributed by atoms with Gasteiger partial charge in [0, 0.05) is 9.86 Å². The molecular weight excluding hydrogens is 443 g/mol. The van der Waals surface area contributed by atoms with Crippen LogP contribution < -0.4 is 10.9 Å². The van der Waals surface area contributed by atoms with Gasteiger partial charge >= 0.3 is 5.63 Å². The first-order valence-electron chi connectivity index (χ1n) is 8.25. The van der Waals surface area contributed by atoms with E-state index in [9.17, 15) is 19.2 Å². The Balaban J connectivity index is 1.76.